The number of aliphatic carboxylic acids is 1. The van der Waals surface area contributed by atoms with Crippen molar-refractivity contribution in [3.8, 4) is 0 Å². The first kappa shape index (κ1) is 12.8. The summed E-state index contributed by atoms with van der Waals surface area (Å²) in [4.78, 5) is 36.4. The highest BCUT2D eigenvalue weighted by Crippen LogP contribution is 2.72. The Balaban J connectivity index is 2.16. The lowest BCUT2D eigenvalue weighted by Crippen LogP contribution is -2.43. The molecule has 104 valence electrons. The zero-order chi connectivity index (χ0) is 14.2. The van der Waals surface area contributed by atoms with E-state index in [1.165, 1.54) is 0 Å². The summed E-state index contributed by atoms with van der Waals surface area (Å²) in [5, 5.41) is 9.37. The molecule has 0 spiro atoms. The van der Waals surface area contributed by atoms with E-state index in [4.69, 9.17) is 0 Å². The molecule has 0 aromatic rings. The number of carboxylic acids is 1. The largest absolute Gasteiger partial charge is 0.481 e. The van der Waals surface area contributed by atoms with Crippen LogP contribution in [0.15, 0.2) is 0 Å². The van der Waals surface area contributed by atoms with Crippen LogP contribution in [0.4, 0.5) is 0 Å². The fourth-order valence-electron chi connectivity index (χ4n) is 5.41. The van der Waals surface area contributed by atoms with Crippen molar-refractivity contribution >= 4 is 17.5 Å². The van der Waals surface area contributed by atoms with E-state index in [-0.39, 0.29) is 34.7 Å². The third kappa shape index (κ3) is 1.18. The molecule has 0 unspecified atom stereocenters. The number of rotatable bonds is 2. The molecule has 0 aromatic carbocycles. The molecule has 3 aliphatic carbocycles. The van der Waals surface area contributed by atoms with Crippen molar-refractivity contribution in [3.05, 3.63) is 0 Å². The average Bonchev–Trinajstić information content (AvgIpc) is 2.69. The zero-order valence-corrected chi connectivity index (χ0v) is 11.6. The first-order valence-electron chi connectivity index (χ1n) is 7.06. The molecule has 0 radical (unpaired) electrons. The molecule has 3 fully saturated rings. The van der Waals surface area contributed by atoms with E-state index >= 15 is 0 Å². The molecule has 6 atom stereocenters. The second kappa shape index (κ2) is 3.47. The highest BCUT2D eigenvalue weighted by molar-refractivity contribution is 6.02. The number of carboxylic acid groups (broad SMARTS) is 1. The predicted octanol–water partition coefficient (Wildman–Crippen LogP) is 1.92. The van der Waals surface area contributed by atoms with Crippen molar-refractivity contribution in [1.82, 2.24) is 0 Å². The lowest BCUT2D eigenvalue weighted by molar-refractivity contribution is -0.152. The Labute approximate surface area is 112 Å². The van der Waals surface area contributed by atoms with Crippen LogP contribution in [0.3, 0.4) is 0 Å². The monoisotopic (exact) mass is 264 g/mol. The Morgan fingerprint density at radius 1 is 1.37 bits per heavy atom. The number of Topliss-reactive ketones (excluding diaryl/α,β-unsaturated/α-hetero) is 2. The normalized spacial score (nSPS) is 49.5. The fraction of sp³-hybridized carbons (Fsp3) is 0.800. The maximum atomic E-state index is 12.9. The van der Waals surface area contributed by atoms with Crippen LogP contribution in [0, 0.1) is 34.5 Å². The van der Waals surface area contributed by atoms with Crippen molar-refractivity contribution in [1.29, 1.82) is 0 Å². The lowest BCUT2D eigenvalue weighted by atomic mass is 9.62. The molecule has 4 bridgehead atoms. The summed E-state index contributed by atoms with van der Waals surface area (Å²) in [5.74, 6) is -1.96. The van der Waals surface area contributed by atoms with Crippen molar-refractivity contribution < 1.29 is 19.5 Å². The van der Waals surface area contributed by atoms with Gasteiger partial charge in [0.25, 0.3) is 0 Å². The van der Waals surface area contributed by atoms with Crippen LogP contribution in [-0.4, -0.2) is 22.6 Å². The third-order valence-electron chi connectivity index (χ3n) is 6.50. The molecule has 0 aliphatic heterocycles. The van der Waals surface area contributed by atoms with Gasteiger partial charge < -0.3 is 5.11 Å². The van der Waals surface area contributed by atoms with Crippen LogP contribution in [0.25, 0.3) is 0 Å². The molecule has 0 saturated heterocycles. The van der Waals surface area contributed by atoms with Crippen LogP contribution < -0.4 is 0 Å². The van der Waals surface area contributed by atoms with Gasteiger partial charge in [0, 0.05) is 23.7 Å². The summed E-state index contributed by atoms with van der Waals surface area (Å²) in [5.41, 5.74) is -0.945. The van der Waals surface area contributed by atoms with Gasteiger partial charge in [-0.2, -0.15) is 0 Å². The molecule has 3 saturated carbocycles. The third-order valence-corrected chi connectivity index (χ3v) is 6.50. The van der Waals surface area contributed by atoms with Crippen molar-refractivity contribution in [2.75, 3.05) is 0 Å². The summed E-state index contributed by atoms with van der Waals surface area (Å²) in [6.45, 7) is 5.57. The molecule has 4 nitrogen and oxygen atoms in total. The number of hydrogen-bond acceptors (Lipinski definition) is 3. The SMILES string of the molecule is C[C@@H]1C(=O)C[C@H]2[C@@]3(C)CC[C@@]2([C@@H](C)C(=O)O)C(=O)[C@@H]13. The topological polar surface area (TPSA) is 71.4 Å². The minimum Gasteiger partial charge on any atom is -0.481 e. The maximum Gasteiger partial charge on any atom is 0.307 e. The Bertz CT molecular complexity index is 496. The number of hydrogen-bond donors (Lipinski definition) is 1. The van der Waals surface area contributed by atoms with Gasteiger partial charge in [-0.1, -0.05) is 20.8 Å². The van der Waals surface area contributed by atoms with Crippen molar-refractivity contribution in [2.45, 2.75) is 40.0 Å². The van der Waals surface area contributed by atoms with Gasteiger partial charge in [-0.3, -0.25) is 14.4 Å². The molecular weight excluding hydrogens is 244 g/mol. The highest BCUT2D eigenvalue weighted by Gasteiger charge is 2.75. The number of carbonyl (C=O) groups is 3. The van der Waals surface area contributed by atoms with E-state index in [1.54, 1.807) is 6.92 Å². The molecule has 0 amide bonds. The number of carbonyl (C=O) groups excluding carboxylic acids is 2. The molecule has 1 N–H and O–H groups in total. The van der Waals surface area contributed by atoms with Crippen LogP contribution in [-0.2, 0) is 14.4 Å². The molecule has 19 heavy (non-hydrogen) atoms. The summed E-state index contributed by atoms with van der Waals surface area (Å²) < 4.78 is 0. The Hall–Kier alpha value is -1.19. The summed E-state index contributed by atoms with van der Waals surface area (Å²) >= 11 is 0. The minimum absolute atomic E-state index is 0.0551. The second-order valence-electron chi connectivity index (χ2n) is 6.96. The molecule has 4 heteroatoms. The summed E-state index contributed by atoms with van der Waals surface area (Å²) in [7, 11) is 0. The lowest BCUT2D eigenvalue weighted by Gasteiger charge is -2.40. The van der Waals surface area contributed by atoms with Crippen LogP contribution in [0.5, 0.6) is 0 Å². The van der Waals surface area contributed by atoms with Crippen LogP contribution >= 0.6 is 0 Å². The van der Waals surface area contributed by atoms with Gasteiger partial charge >= 0.3 is 5.97 Å². The van der Waals surface area contributed by atoms with Gasteiger partial charge in [0.15, 0.2) is 0 Å². The molecule has 3 aliphatic rings. The zero-order valence-electron chi connectivity index (χ0n) is 11.6. The first-order chi connectivity index (χ1) is 8.76. The Kier molecular flexibility index (Phi) is 2.34. The van der Waals surface area contributed by atoms with Gasteiger partial charge in [-0.25, -0.2) is 0 Å². The maximum absolute atomic E-state index is 12.9. The number of ketones is 2. The smallest absolute Gasteiger partial charge is 0.307 e. The van der Waals surface area contributed by atoms with E-state index in [1.807, 2.05) is 6.92 Å². The van der Waals surface area contributed by atoms with E-state index in [9.17, 15) is 19.5 Å². The Morgan fingerprint density at radius 2 is 2.00 bits per heavy atom. The van der Waals surface area contributed by atoms with Gasteiger partial charge in [0.1, 0.15) is 11.6 Å². The first-order valence-corrected chi connectivity index (χ1v) is 7.06. The van der Waals surface area contributed by atoms with E-state index in [0.717, 1.165) is 6.42 Å². The van der Waals surface area contributed by atoms with Gasteiger partial charge in [-0.15, -0.1) is 0 Å². The molecule has 0 aromatic heterocycles. The molecule has 0 heterocycles. The van der Waals surface area contributed by atoms with E-state index in [2.05, 4.69) is 6.92 Å². The summed E-state index contributed by atoms with van der Waals surface area (Å²) in [6, 6.07) is 0. The quantitative estimate of drug-likeness (QED) is 0.827. The highest BCUT2D eigenvalue weighted by atomic mass is 16.4. The molecular formula is C15H20O4. The van der Waals surface area contributed by atoms with Crippen molar-refractivity contribution in [3.63, 3.8) is 0 Å². The summed E-state index contributed by atoms with van der Waals surface area (Å²) in [6.07, 6.45) is 1.90. The van der Waals surface area contributed by atoms with E-state index in [0.29, 0.717) is 12.8 Å². The van der Waals surface area contributed by atoms with Crippen LogP contribution in [0.2, 0.25) is 0 Å². The average molecular weight is 264 g/mol. The van der Waals surface area contributed by atoms with E-state index < -0.39 is 17.3 Å². The van der Waals surface area contributed by atoms with Crippen molar-refractivity contribution in [2.24, 2.45) is 34.5 Å². The van der Waals surface area contributed by atoms with Gasteiger partial charge in [0.05, 0.1) is 5.92 Å². The second-order valence-corrected chi connectivity index (χ2v) is 6.96. The molecule has 3 rings (SSSR count). The standard InChI is InChI=1S/C15H20O4/c1-7-9(16)6-10-14(3)4-5-15(10,8(2)13(18)19)12(17)11(7)14/h7-8,10-11H,4-6H2,1-3H3,(H,18,19)/t7-,8+,10+,11-,14-,15+/m1/s1. The minimum atomic E-state index is -0.912. The fourth-order valence-corrected chi connectivity index (χ4v) is 5.41. The van der Waals surface area contributed by atoms with Crippen LogP contribution in [0.1, 0.15) is 40.0 Å². The van der Waals surface area contributed by atoms with Gasteiger partial charge in [0.2, 0.25) is 0 Å². The van der Waals surface area contributed by atoms with Gasteiger partial charge in [-0.05, 0) is 24.2 Å². The Morgan fingerprint density at radius 3 is 2.58 bits per heavy atom. The predicted molar refractivity (Wildman–Crippen MR) is 67.3 cm³/mol.